The van der Waals surface area contributed by atoms with E-state index in [0.717, 1.165) is 31.2 Å². The van der Waals surface area contributed by atoms with E-state index in [1.807, 2.05) is 17.8 Å². The number of halogens is 1. The van der Waals surface area contributed by atoms with Crippen LogP contribution in [0.5, 0.6) is 0 Å². The number of nitrogens with zero attached hydrogens (tertiary/aromatic N) is 3. The van der Waals surface area contributed by atoms with Gasteiger partial charge in [0.15, 0.2) is 5.96 Å². The van der Waals surface area contributed by atoms with Gasteiger partial charge in [-0.1, -0.05) is 6.92 Å². The van der Waals surface area contributed by atoms with Gasteiger partial charge in [-0.05, 0) is 19.4 Å². The van der Waals surface area contributed by atoms with Crippen molar-refractivity contribution in [1.29, 1.82) is 0 Å². The fourth-order valence-corrected chi connectivity index (χ4v) is 1.30. The quantitative estimate of drug-likeness (QED) is 0.480. The third-order valence-electron chi connectivity index (χ3n) is 2.21. The molecule has 1 heterocycles. The molecule has 1 aromatic heterocycles. The zero-order chi connectivity index (χ0) is 11.8. The minimum absolute atomic E-state index is 0. The SMILES string of the molecule is CCCNC(=NCc1ccnn1C)NCC.I. The first kappa shape index (κ1) is 16.2. The Morgan fingerprint density at radius 1 is 1.41 bits per heavy atom. The Morgan fingerprint density at radius 3 is 2.71 bits per heavy atom. The molecule has 0 radical (unpaired) electrons. The summed E-state index contributed by atoms with van der Waals surface area (Å²) in [5, 5.41) is 10.6. The fraction of sp³-hybridized carbons (Fsp3) is 0.636. The van der Waals surface area contributed by atoms with Crippen LogP contribution in [-0.4, -0.2) is 28.8 Å². The summed E-state index contributed by atoms with van der Waals surface area (Å²) in [6.07, 6.45) is 2.88. The van der Waals surface area contributed by atoms with Crippen molar-refractivity contribution in [3.63, 3.8) is 0 Å². The molecule has 1 aromatic rings. The Morgan fingerprint density at radius 2 is 2.18 bits per heavy atom. The molecule has 0 fully saturated rings. The van der Waals surface area contributed by atoms with Crippen LogP contribution in [0.25, 0.3) is 0 Å². The molecule has 0 aromatic carbocycles. The fourth-order valence-electron chi connectivity index (χ4n) is 1.30. The minimum atomic E-state index is 0. The average Bonchev–Trinajstić information content (AvgIpc) is 2.68. The molecule has 0 spiro atoms. The van der Waals surface area contributed by atoms with Crippen molar-refractivity contribution in [3.8, 4) is 0 Å². The van der Waals surface area contributed by atoms with E-state index in [9.17, 15) is 0 Å². The highest BCUT2D eigenvalue weighted by Crippen LogP contribution is 1.97. The maximum absolute atomic E-state index is 4.49. The Labute approximate surface area is 120 Å². The van der Waals surface area contributed by atoms with Crippen LogP contribution in [0.4, 0.5) is 0 Å². The van der Waals surface area contributed by atoms with Gasteiger partial charge < -0.3 is 10.6 Å². The van der Waals surface area contributed by atoms with E-state index in [4.69, 9.17) is 0 Å². The van der Waals surface area contributed by atoms with Gasteiger partial charge in [-0.2, -0.15) is 5.10 Å². The number of hydrogen-bond donors (Lipinski definition) is 2. The van der Waals surface area contributed by atoms with Crippen molar-refractivity contribution in [1.82, 2.24) is 20.4 Å². The van der Waals surface area contributed by atoms with Crippen LogP contribution in [0.15, 0.2) is 17.3 Å². The summed E-state index contributed by atoms with van der Waals surface area (Å²) < 4.78 is 1.84. The molecule has 17 heavy (non-hydrogen) atoms. The first-order chi connectivity index (χ1) is 7.77. The summed E-state index contributed by atoms with van der Waals surface area (Å²) in [5.41, 5.74) is 1.11. The predicted octanol–water partition coefficient (Wildman–Crippen LogP) is 1.50. The highest BCUT2D eigenvalue weighted by atomic mass is 127. The van der Waals surface area contributed by atoms with Crippen LogP contribution in [0, 0.1) is 0 Å². The van der Waals surface area contributed by atoms with E-state index >= 15 is 0 Å². The van der Waals surface area contributed by atoms with Gasteiger partial charge in [-0.25, -0.2) is 4.99 Å². The van der Waals surface area contributed by atoms with Gasteiger partial charge in [-0.3, -0.25) is 4.68 Å². The van der Waals surface area contributed by atoms with Crippen LogP contribution in [-0.2, 0) is 13.6 Å². The predicted molar refractivity (Wildman–Crippen MR) is 81.7 cm³/mol. The van der Waals surface area contributed by atoms with Gasteiger partial charge in [0.05, 0.1) is 12.2 Å². The molecule has 1 rings (SSSR count). The highest BCUT2D eigenvalue weighted by Gasteiger charge is 1.98. The van der Waals surface area contributed by atoms with Crippen molar-refractivity contribution in [2.24, 2.45) is 12.0 Å². The van der Waals surface area contributed by atoms with Crippen LogP contribution >= 0.6 is 24.0 Å². The summed E-state index contributed by atoms with van der Waals surface area (Å²) in [5.74, 6) is 0.866. The van der Waals surface area contributed by atoms with Gasteiger partial charge in [0.25, 0.3) is 0 Å². The Balaban J connectivity index is 0.00000256. The van der Waals surface area contributed by atoms with E-state index in [2.05, 4.69) is 34.6 Å². The lowest BCUT2D eigenvalue weighted by molar-refractivity contribution is 0.706. The van der Waals surface area contributed by atoms with E-state index in [0.29, 0.717) is 6.54 Å². The van der Waals surface area contributed by atoms with E-state index < -0.39 is 0 Å². The first-order valence-electron chi connectivity index (χ1n) is 5.77. The number of aromatic nitrogens is 2. The van der Waals surface area contributed by atoms with Crippen LogP contribution in [0.3, 0.4) is 0 Å². The largest absolute Gasteiger partial charge is 0.357 e. The van der Waals surface area contributed by atoms with Gasteiger partial charge >= 0.3 is 0 Å². The normalized spacial score (nSPS) is 10.9. The molecule has 0 aliphatic carbocycles. The molecule has 5 nitrogen and oxygen atoms in total. The first-order valence-corrected chi connectivity index (χ1v) is 5.77. The van der Waals surface area contributed by atoms with Crippen LogP contribution in [0.2, 0.25) is 0 Å². The lowest BCUT2D eigenvalue weighted by Crippen LogP contribution is -2.37. The summed E-state index contributed by atoms with van der Waals surface area (Å²) in [4.78, 5) is 4.49. The van der Waals surface area contributed by atoms with Crippen molar-refractivity contribution in [2.45, 2.75) is 26.8 Å². The molecular formula is C11H22IN5. The molecule has 0 saturated heterocycles. The van der Waals surface area contributed by atoms with Crippen molar-refractivity contribution < 1.29 is 0 Å². The number of guanidine groups is 1. The molecule has 0 bridgehead atoms. The second-order valence-corrected chi connectivity index (χ2v) is 3.57. The average molecular weight is 351 g/mol. The third-order valence-corrected chi connectivity index (χ3v) is 2.21. The molecule has 0 amide bonds. The monoisotopic (exact) mass is 351 g/mol. The lowest BCUT2D eigenvalue weighted by atomic mass is 10.4. The number of nitrogens with one attached hydrogen (secondary N) is 2. The number of rotatable bonds is 5. The zero-order valence-corrected chi connectivity index (χ0v) is 13.1. The number of aryl methyl sites for hydroxylation is 1. The minimum Gasteiger partial charge on any atom is -0.357 e. The number of hydrogen-bond acceptors (Lipinski definition) is 2. The second kappa shape index (κ2) is 9.26. The summed E-state index contributed by atoms with van der Waals surface area (Å²) in [7, 11) is 1.93. The Bertz CT molecular complexity index is 334. The van der Waals surface area contributed by atoms with Gasteiger partial charge in [0, 0.05) is 26.3 Å². The molecule has 2 N–H and O–H groups in total. The van der Waals surface area contributed by atoms with E-state index in [1.54, 1.807) is 6.20 Å². The Kier molecular flexibility index (Phi) is 8.83. The molecule has 98 valence electrons. The van der Waals surface area contributed by atoms with E-state index in [1.165, 1.54) is 0 Å². The summed E-state index contributed by atoms with van der Waals surface area (Å²) in [6.45, 7) is 6.67. The van der Waals surface area contributed by atoms with Gasteiger partial charge in [0.1, 0.15) is 0 Å². The topological polar surface area (TPSA) is 54.2 Å². The molecular weight excluding hydrogens is 329 g/mol. The van der Waals surface area contributed by atoms with Crippen molar-refractivity contribution in [2.75, 3.05) is 13.1 Å². The standard InChI is InChI=1S/C11H21N5.HI/c1-4-7-13-11(12-5-2)14-9-10-6-8-15-16(10)3;/h6,8H,4-5,7,9H2,1-3H3,(H2,12,13,14);1H. The summed E-state index contributed by atoms with van der Waals surface area (Å²) in [6, 6.07) is 1.98. The van der Waals surface area contributed by atoms with Crippen molar-refractivity contribution in [3.05, 3.63) is 18.0 Å². The van der Waals surface area contributed by atoms with Crippen LogP contribution < -0.4 is 10.6 Å². The number of aliphatic imine (C=N–C) groups is 1. The zero-order valence-electron chi connectivity index (χ0n) is 10.7. The van der Waals surface area contributed by atoms with Crippen molar-refractivity contribution >= 4 is 29.9 Å². The molecule has 0 atom stereocenters. The maximum Gasteiger partial charge on any atom is 0.191 e. The van der Waals surface area contributed by atoms with E-state index in [-0.39, 0.29) is 24.0 Å². The Hall–Kier alpha value is -0.790. The molecule has 0 saturated carbocycles. The van der Waals surface area contributed by atoms with Gasteiger partial charge in [-0.15, -0.1) is 24.0 Å². The summed E-state index contributed by atoms with van der Waals surface area (Å²) >= 11 is 0. The van der Waals surface area contributed by atoms with Gasteiger partial charge in [0.2, 0.25) is 0 Å². The molecule has 0 aliphatic heterocycles. The third kappa shape index (κ3) is 5.90. The molecule has 0 aliphatic rings. The maximum atomic E-state index is 4.49. The van der Waals surface area contributed by atoms with Crippen LogP contribution in [0.1, 0.15) is 26.0 Å². The lowest BCUT2D eigenvalue weighted by Gasteiger charge is -2.10. The molecule has 0 unspecified atom stereocenters. The highest BCUT2D eigenvalue weighted by molar-refractivity contribution is 14.0. The molecule has 6 heteroatoms. The smallest absolute Gasteiger partial charge is 0.191 e. The second-order valence-electron chi connectivity index (χ2n) is 3.57.